The Morgan fingerprint density at radius 1 is 0.855 bits per heavy atom. The van der Waals surface area contributed by atoms with E-state index in [1.54, 1.807) is 21.3 Å². The number of carbonyl (C=O) groups excluding carboxylic acids is 2. The molecular formula is C42H52Cl2N2O9+2. The number of ether oxygens (including phenoxy) is 7. The maximum absolute atomic E-state index is 12.6. The van der Waals surface area contributed by atoms with Gasteiger partial charge in [0, 0.05) is 49.0 Å². The Kier molecular flexibility index (Phi) is 12.8. The summed E-state index contributed by atoms with van der Waals surface area (Å²) in [6.45, 7) is 4.36. The Morgan fingerprint density at radius 2 is 1.53 bits per heavy atom. The number of nitrogens with zero attached hydrogens (tertiary/aromatic N) is 2. The predicted molar refractivity (Wildman–Crippen MR) is 209 cm³/mol. The summed E-state index contributed by atoms with van der Waals surface area (Å²) < 4.78 is 40.2. The zero-order valence-corrected chi connectivity index (χ0v) is 33.8. The average molecular weight is 800 g/mol. The number of alkyl halides is 2. The lowest BCUT2D eigenvalue weighted by atomic mass is 9.85. The van der Waals surface area contributed by atoms with Crippen LogP contribution in [0.5, 0.6) is 28.7 Å². The fourth-order valence-corrected chi connectivity index (χ4v) is 8.94. The number of carbonyl (C=O) groups is 2. The van der Waals surface area contributed by atoms with Crippen molar-refractivity contribution in [2.75, 3.05) is 81.5 Å². The second-order valence-corrected chi connectivity index (χ2v) is 16.1. The van der Waals surface area contributed by atoms with E-state index < -0.39 is 16.9 Å². The van der Waals surface area contributed by atoms with Gasteiger partial charge < -0.3 is 42.1 Å². The van der Waals surface area contributed by atoms with Crippen molar-refractivity contribution in [1.29, 1.82) is 0 Å². The van der Waals surface area contributed by atoms with Gasteiger partial charge in [-0.3, -0.25) is 0 Å². The zero-order chi connectivity index (χ0) is 39.2. The molecule has 0 radical (unpaired) electrons. The minimum Gasteiger partial charge on any atom is -0.497 e. The Bertz CT molecular complexity index is 1870. The van der Waals surface area contributed by atoms with Crippen LogP contribution in [0.1, 0.15) is 35.1 Å². The number of halogens is 2. The predicted octanol–water partition coefficient (Wildman–Crippen LogP) is 6.38. The van der Waals surface area contributed by atoms with Crippen LogP contribution < -0.4 is 23.7 Å². The van der Waals surface area contributed by atoms with Crippen LogP contribution >= 0.6 is 23.2 Å². The molecule has 0 N–H and O–H groups in total. The van der Waals surface area contributed by atoms with Crippen molar-refractivity contribution in [2.45, 2.75) is 42.7 Å². The number of likely N-dealkylation sites (tertiary alicyclic amines) is 1. The summed E-state index contributed by atoms with van der Waals surface area (Å²) in [7, 11) is 9.15. The largest absolute Gasteiger partial charge is 0.497 e. The van der Waals surface area contributed by atoms with E-state index in [1.165, 1.54) is 0 Å². The number of hydrogen-bond acceptors (Lipinski definition) is 9. The third kappa shape index (κ3) is 8.96. The molecular weight excluding hydrogens is 747 g/mol. The lowest BCUT2D eigenvalue weighted by Gasteiger charge is -2.51. The van der Waals surface area contributed by atoms with Crippen molar-refractivity contribution < 1.29 is 51.7 Å². The molecule has 11 nitrogen and oxygen atoms in total. The first kappa shape index (κ1) is 40.5. The molecule has 0 spiro atoms. The Balaban J connectivity index is 1.00. The number of hydrogen-bond donors (Lipinski definition) is 0. The monoisotopic (exact) mass is 798 g/mol. The lowest BCUT2D eigenvalue weighted by Crippen LogP contribution is -2.62. The van der Waals surface area contributed by atoms with Gasteiger partial charge in [0.05, 0.1) is 67.6 Å². The summed E-state index contributed by atoms with van der Waals surface area (Å²) in [6.07, 6.45) is 4.92. The van der Waals surface area contributed by atoms with E-state index in [0.717, 1.165) is 77.6 Å². The van der Waals surface area contributed by atoms with Crippen LogP contribution in [-0.4, -0.2) is 108 Å². The highest BCUT2D eigenvalue weighted by atomic mass is 35.5. The molecule has 3 aromatic rings. The van der Waals surface area contributed by atoms with Gasteiger partial charge in [-0.05, 0) is 65.2 Å². The second-order valence-electron chi connectivity index (χ2n) is 15.0. The molecule has 1 saturated heterocycles. The SMILES string of the molecule is COc1ccc(CC2(Cl)c3cc(OC)c(OC)cc3CC[N+]2(C)CCCOC(=O)/C=C\C(=O)OCC2CC[N+](C)(Cc3ccc4c(c3)OCCO4)C2Cl)cc1. The minimum atomic E-state index is -0.849. The van der Waals surface area contributed by atoms with Gasteiger partial charge >= 0.3 is 11.9 Å². The van der Waals surface area contributed by atoms with Gasteiger partial charge in [0.1, 0.15) is 32.1 Å². The van der Waals surface area contributed by atoms with Crippen LogP contribution in [0.25, 0.3) is 0 Å². The van der Waals surface area contributed by atoms with Gasteiger partial charge in [-0.25, -0.2) is 9.59 Å². The van der Waals surface area contributed by atoms with Gasteiger partial charge in [-0.1, -0.05) is 23.7 Å². The topological polar surface area (TPSA) is 98.8 Å². The number of methoxy groups -OCH3 is 3. The molecule has 5 unspecified atom stereocenters. The highest BCUT2D eigenvalue weighted by Crippen LogP contribution is 2.49. The number of fused-ring (bicyclic) bond motifs is 2. The van der Waals surface area contributed by atoms with Crippen LogP contribution in [-0.2, 0) is 43.4 Å². The molecule has 296 valence electrons. The van der Waals surface area contributed by atoms with Gasteiger partial charge in [0.15, 0.2) is 28.5 Å². The number of esters is 2. The molecule has 5 atom stereocenters. The number of benzene rings is 3. The molecule has 3 heterocycles. The van der Waals surface area contributed by atoms with E-state index >= 15 is 0 Å². The molecule has 0 bridgehead atoms. The number of rotatable bonds is 15. The fourth-order valence-electron chi connectivity index (χ4n) is 8.08. The molecule has 3 aliphatic rings. The van der Waals surface area contributed by atoms with Gasteiger partial charge in [0.2, 0.25) is 5.00 Å². The van der Waals surface area contributed by atoms with Crippen molar-refractivity contribution in [2.24, 2.45) is 5.92 Å². The molecule has 6 rings (SSSR count). The van der Waals surface area contributed by atoms with E-state index in [-0.39, 0.29) is 24.6 Å². The zero-order valence-electron chi connectivity index (χ0n) is 32.3. The molecule has 3 aromatic carbocycles. The van der Waals surface area contributed by atoms with Crippen LogP contribution in [0.2, 0.25) is 0 Å². The van der Waals surface area contributed by atoms with E-state index in [9.17, 15) is 9.59 Å². The molecule has 13 heteroatoms. The van der Waals surface area contributed by atoms with Crippen molar-refractivity contribution in [3.05, 3.63) is 89.0 Å². The molecule has 1 fully saturated rings. The van der Waals surface area contributed by atoms with Crippen molar-refractivity contribution in [3.63, 3.8) is 0 Å². The van der Waals surface area contributed by atoms with E-state index in [1.807, 2.05) is 54.6 Å². The molecule has 0 aliphatic carbocycles. The quantitative estimate of drug-likeness (QED) is 0.0433. The van der Waals surface area contributed by atoms with Gasteiger partial charge in [-0.15, -0.1) is 0 Å². The fraction of sp³-hybridized carbons (Fsp3) is 0.476. The van der Waals surface area contributed by atoms with E-state index in [0.29, 0.717) is 59.6 Å². The van der Waals surface area contributed by atoms with Crippen LogP contribution in [0.4, 0.5) is 0 Å². The second kappa shape index (κ2) is 17.3. The molecule has 3 aliphatic heterocycles. The third-order valence-corrected chi connectivity index (χ3v) is 12.9. The summed E-state index contributed by atoms with van der Waals surface area (Å²) >= 11 is 14.7. The molecule has 55 heavy (non-hydrogen) atoms. The highest BCUT2D eigenvalue weighted by Gasteiger charge is 2.52. The summed E-state index contributed by atoms with van der Waals surface area (Å²) in [5.41, 5.74) is 4.01. The van der Waals surface area contributed by atoms with E-state index in [4.69, 9.17) is 56.4 Å². The standard InChI is InChI=1S/C42H52Cl2N2O9/c1-45(27-30-9-12-35-38(23-30)53-22-21-52-35)18-15-32(41(45)43)28-55-40(48)14-13-39(47)54-20-6-17-46(2)19-16-31-24-36(50-4)37(51-5)25-34(31)42(46,44)26-29-7-10-33(49-3)11-8-29/h7-14,23-25,32,41H,6,15-22,26-28H2,1-5H3/q+2/b14-13-. The normalized spacial score (nSPS) is 25.6. The molecule has 0 aromatic heterocycles. The summed E-state index contributed by atoms with van der Waals surface area (Å²) in [5, 5.41) is 0. The van der Waals surface area contributed by atoms with Crippen molar-refractivity contribution in [1.82, 2.24) is 0 Å². The maximum Gasteiger partial charge on any atom is 0.331 e. The highest BCUT2D eigenvalue weighted by molar-refractivity contribution is 6.23. The Labute approximate surface area is 333 Å². The molecule has 0 saturated carbocycles. The first-order valence-electron chi connectivity index (χ1n) is 18.7. The summed E-state index contributed by atoms with van der Waals surface area (Å²) in [6, 6.07) is 17.9. The van der Waals surface area contributed by atoms with Crippen LogP contribution in [0.3, 0.4) is 0 Å². The first-order valence-corrected chi connectivity index (χ1v) is 19.5. The van der Waals surface area contributed by atoms with Gasteiger partial charge in [0.25, 0.3) is 0 Å². The van der Waals surface area contributed by atoms with E-state index in [2.05, 4.69) is 14.1 Å². The van der Waals surface area contributed by atoms with Crippen molar-refractivity contribution >= 4 is 35.1 Å². The Morgan fingerprint density at radius 3 is 2.24 bits per heavy atom. The Hall–Kier alpha value is -4.16. The summed E-state index contributed by atoms with van der Waals surface area (Å²) in [4.78, 5) is 24.4. The first-order chi connectivity index (χ1) is 26.4. The van der Waals surface area contributed by atoms with Crippen molar-refractivity contribution in [3.8, 4) is 28.7 Å². The summed E-state index contributed by atoms with van der Waals surface area (Å²) in [5.74, 6) is 2.30. The third-order valence-electron chi connectivity index (χ3n) is 11.3. The van der Waals surface area contributed by atoms with Crippen LogP contribution in [0, 0.1) is 5.92 Å². The molecule has 0 amide bonds. The lowest BCUT2D eigenvalue weighted by molar-refractivity contribution is -0.954. The number of likely N-dealkylation sites (N-methyl/N-ethyl adjacent to an activating group) is 1. The number of quaternary nitrogens is 2. The average Bonchev–Trinajstić information content (AvgIpc) is 3.47. The maximum atomic E-state index is 12.6. The smallest absolute Gasteiger partial charge is 0.331 e. The minimum absolute atomic E-state index is 0.0266. The van der Waals surface area contributed by atoms with Crippen LogP contribution in [0.15, 0.2) is 66.7 Å². The van der Waals surface area contributed by atoms with Gasteiger partial charge in [-0.2, -0.15) is 0 Å².